The van der Waals surface area contributed by atoms with Crippen LogP contribution in [-0.4, -0.2) is 10.0 Å². The molecule has 0 aliphatic rings. The summed E-state index contributed by atoms with van der Waals surface area (Å²) in [5.74, 6) is -0.412. The van der Waals surface area contributed by atoms with E-state index < -0.39 is 10.7 Å². The van der Waals surface area contributed by atoms with Crippen LogP contribution in [0.2, 0.25) is 5.02 Å². The molecule has 1 rings (SSSR count). The molecule has 64 valence electrons. The summed E-state index contributed by atoms with van der Waals surface area (Å²) >= 11 is 7.45. The van der Waals surface area contributed by atoms with Crippen LogP contribution in [-0.2, 0) is 0 Å². The van der Waals surface area contributed by atoms with Gasteiger partial charge in [0.05, 0.1) is 9.95 Å². The summed E-state index contributed by atoms with van der Waals surface area (Å²) in [6, 6.07) is 2.37. The number of benzene rings is 1. The Bertz CT molecular complexity index is 342. The van der Waals surface area contributed by atoms with Crippen LogP contribution in [0.5, 0.6) is 5.75 Å². The summed E-state index contributed by atoms with van der Waals surface area (Å²) in [5.41, 5.74) is -0.330. The normalized spacial score (nSPS) is 9.83. The molecule has 0 atom stereocenters. The molecule has 0 aliphatic heterocycles. The molecule has 0 spiro atoms. The molecule has 1 aromatic carbocycles. The van der Waals surface area contributed by atoms with Crippen molar-refractivity contribution in [2.45, 2.75) is 0 Å². The van der Waals surface area contributed by atoms with Crippen molar-refractivity contribution in [2.24, 2.45) is 0 Å². The van der Waals surface area contributed by atoms with E-state index in [1.807, 2.05) is 22.6 Å². The summed E-state index contributed by atoms with van der Waals surface area (Å²) < 4.78 is 0.541. The quantitative estimate of drug-likeness (QED) is 0.492. The third kappa shape index (κ3) is 1.78. The number of rotatable bonds is 1. The maximum absolute atomic E-state index is 10.3. The van der Waals surface area contributed by atoms with E-state index in [1.165, 1.54) is 6.07 Å². The van der Waals surface area contributed by atoms with Crippen molar-refractivity contribution in [2.75, 3.05) is 0 Å². The smallest absolute Gasteiger partial charge is 0.311 e. The molecule has 0 unspecified atom stereocenters. The fraction of sp³-hybridized carbons (Fsp3) is 0. The van der Waals surface area contributed by atoms with Crippen molar-refractivity contribution in [1.29, 1.82) is 0 Å². The number of halogens is 2. The number of hydrogen-bond donors (Lipinski definition) is 1. The Kier molecular flexibility index (Phi) is 2.73. The average Bonchev–Trinajstić information content (AvgIpc) is 1.96. The van der Waals surface area contributed by atoms with Gasteiger partial charge in [-0.15, -0.1) is 0 Å². The summed E-state index contributed by atoms with van der Waals surface area (Å²) in [4.78, 5) is 9.63. The van der Waals surface area contributed by atoms with Crippen LogP contribution in [0.3, 0.4) is 0 Å². The van der Waals surface area contributed by atoms with Crippen LogP contribution in [0.25, 0.3) is 0 Å². The Hall–Kier alpha value is -0.560. The number of nitro groups is 1. The summed E-state index contributed by atoms with van der Waals surface area (Å²) in [5, 5.41) is 19.6. The van der Waals surface area contributed by atoms with Gasteiger partial charge in [0.1, 0.15) is 0 Å². The highest BCUT2D eigenvalue weighted by atomic mass is 127. The first-order chi connectivity index (χ1) is 5.52. The second-order valence-electron chi connectivity index (χ2n) is 2.01. The van der Waals surface area contributed by atoms with Gasteiger partial charge in [0.15, 0.2) is 5.75 Å². The van der Waals surface area contributed by atoms with Gasteiger partial charge in [-0.3, -0.25) is 10.1 Å². The Balaban J connectivity index is 3.33. The Morgan fingerprint density at radius 3 is 2.67 bits per heavy atom. The molecule has 0 saturated carbocycles. The van der Waals surface area contributed by atoms with Crippen LogP contribution >= 0.6 is 34.2 Å². The van der Waals surface area contributed by atoms with E-state index in [0.29, 0.717) is 8.59 Å². The summed E-state index contributed by atoms with van der Waals surface area (Å²) in [6.45, 7) is 0. The molecule has 6 heteroatoms. The number of phenolic OH excluding ortho intramolecular Hbond substituents is 1. The lowest BCUT2D eigenvalue weighted by molar-refractivity contribution is -0.385. The summed E-state index contributed by atoms with van der Waals surface area (Å²) in [7, 11) is 0. The maximum Gasteiger partial charge on any atom is 0.311 e. The molecule has 0 aromatic heterocycles. The molecule has 0 saturated heterocycles. The first kappa shape index (κ1) is 9.53. The predicted molar refractivity (Wildman–Crippen MR) is 52.5 cm³/mol. The van der Waals surface area contributed by atoms with Crippen LogP contribution in [0, 0.1) is 13.7 Å². The minimum Gasteiger partial charge on any atom is -0.502 e. The van der Waals surface area contributed by atoms with E-state index in [1.54, 1.807) is 0 Å². The van der Waals surface area contributed by atoms with E-state index in [0.717, 1.165) is 6.07 Å². The van der Waals surface area contributed by atoms with Crippen molar-refractivity contribution >= 4 is 39.9 Å². The first-order valence-electron chi connectivity index (χ1n) is 2.85. The molecule has 0 amide bonds. The molecule has 12 heavy (non-hydrogen) atoms. The van der Waals surface area contributed by atoms with Crippen molar-refractivity contribution in [3.8, 4) is 5.75 Å². The van der Waals surface area contributed by atoms with E-state index >= 15 is 0 Å². The van der Waals surface area contributed by atoms with E-state index in [4.69, 9.17) is 16.7 Å². The minimum atomic E-state index is -0.659. The van der Waals surface area contributed by atoms with Gasteiger partial charge in [0.25, 0.3) is 0 Å². The topological polar surface area (TPSA) is 63.4 Å². The third-order valence-electron chi connectivity index (χ3n) is 1.21. The van der Waals surface area contributed by atoms with Crippen molar-refractivity contribution < 1.29 is 10.0 Å². The highest BCUT2D eigenvalue weighted by Gasteiger charge is 2.15. The van der Waals surface area contributed by atoms with Crippen molar-refractivity contribution in [1.82, 2.24) is 0 Å². The van der Waals surface area contributed by atoms with E-state index in [2.05, 4.69) is 0 Å². The maximum atomic E-state index is 10.3. The molecule has 0 radical (unpaired) electrons. The van der Waals surface area contributed by atoms with Crippen LogP contribution in [0.4, 0.5) is 5.69 Å². The molecule has 0 fully saturated rings. The van der Waals surface area contributed by atoms with Gasteiger partial charge in [-0.2, -0.15) is 0 Å². The number of hydrogen-bond acceptors (Lipinski definition) is 3. The highest BCUT2D eigenvalue weighted by molar-refractivity contribution is 14.1. The van der Waals surface area contributed by atoms with Crippen LogP contribution < -0.4 is 0 Å². The SMILES string of the molecule is O=[N+]([O-])c1cc(I)c(Cl)cc1O. The van der Waals surface area contributed by atoms with Gasteiger partial charge in [-0.25, -0.2) is 0 Å². The number of phenols is 1. The predicted octanol–water partition coefficient (Wildman–Crippen LogP) is 2.56. The Morgan fingerprint density at radius 2 is 2.17 bits per heavy atom. The lowest BCUT2D eigenvalue weighted by Crippen LogP contribution is -1.89. The lowest BCUT2D eigenvalue weighted by atomic mass is 10.3. The second kappa shape index (κ2) is 3.44. The molecule has 1 N–H and O–H groups in total. The fourth-order valence-corrected chi connectivity index (χ4v) is 1.28. The lowest BCUT2D eigenvalue weighted by Gasteiger charge is -1.98. The zero-order valence-corrected chi connectivity index (χ0v) is 8.53. The van der Waals surface area contributed by atoms with Gasteiger partial charge < -0.3 is 5.11 Å². The standard InChI is InChI=1S/C6H3ClINO3/c7-3-1-6(10)5(9(11)12)2-4(3)8/h1-2,10H. The molecule has 0 aliphatic carbocycles. The van der Waals surface area contributed by atoms with Crippen molar-refractivity contribution in [3.63, 3.8) is 0 Å². The summed E-state index contributed by atoms with van der Waals surface area (Å²) in [6.07, 6.45) is 0. The third-order valence-corrected chi connectivity index (χ3v) is 2.74. The van der Waals surface area contributed by atoms with Gasteiger partial charge in [0.2, 0.25) is 0 Å². The largest absolute Gasteiger partial charge is 0.502 e. The molecular weight excluding hydrogens is 296 g/mol. The van der Waals surface area contributed by atoms with E-state index in [-0.39, 0.29) is 5.69 Å². The Morgan fingerprint density at radius 1 is 1.58 bits per heavy atom. The minimum absolute atomic E-state index is 0.304. The zero-order chi connectivity index (χ0) is 9.30. The van der Waals surface area contributed by atoms with E-state index in [9.17, 15) is 10.1 Å². The average molecular weight is 299 g/mol. The zero-order valence-electron chi connectivity index (χ0n) is 5.62. The van der Waals surface area contributed by atoms with Crippen molar-refractivity contribution in [3.05, 3.63) is 30.8 Å². The molecular formula is C6H3ClINO3. The van der Waals surface area contributed by atoms with Gasteiger partial charge in [-0.05, 0) is 22.6 Å². The van der Waals surface area contributed by atoms with Crippen LogP contribution in [0.15, 0.2) is 12.1 Å². The Labute approximate surface area is 86.4 Å². The van der Waals surface area contributed by atoms with Gasteiger partial charge in [-0.1, -0.05) is 11.6 Å². The van der Waals surface area contributed by atoms with Gasteiger partial charge in [0, 0.05) is 15.7 Å². The second-order valence-corrected chi connectivity index (χ2v) is 3.58. The number of nitro benzene ring substituents is 1. The van der Waals surface area contributed by atoms with Crippen LogP contribution in [0.1, 0.15) is 0 Å². The molecule has 1 aromatic rings. The number of aromatic hydroxyl groups is 1. The molecule has 4 nitrogen and oxygen atoms in total. The first-order valence-corrected chi connectivity index (χ1v) is 4.30. The van der Waals surface area contributed by atoms with Gasteiger partial charge >= 0.3 is 5.69 Å². The molecule has 0 heterocycles. The fourth-order valence-electron chi connectivity index (χ4n) is 0.672. The number of nitrogens with zero attached hydrogens (tertiary/aromatic N) is 1. The highest BCUT2D eigenvalue weighted by Crippen LogP contribution is 2.32. The monoisotopic (exact) mass is 299 g/mol. The molecule has 0 bridgehead atoms.